The van der Waals surface area contributed by atoms with Crippen molar-refractivity contribution in [2.24, 2.45) is 0 Å². The lowest BCUT2D eigenvalue weighted by atomic mass is 10.1. The molecule has 0 unspecified atom stereocenters. The van der Waals surface area contributed by atoms with Crippen molar-refractivity contribution < 1.29 is 19.4 Å². The number of aromatic nitrogens is 1. The van der Waals surface area contributed by atoms with Crippen molar-refractivity contribution in [1.82, 2.24) is 4.57 Å². The number of nitrogens with zero attached hydrogens (tertiary/aromatic N) is 1. The molecule has 0 saturated heterocycles. The van der Waals surface area contributed by atoms with Crippen molar-refractivity contribution >= 4 is 39.4 Å². The first-order chi connectivity index (χ1) is 14.6. The minimum atomic E-state index is -0.587. The number of carbonyl (C=O) groups is 2. The van der Waals surface area contributed by atoms with Crippen molar-refractivity contribution in [2.75, 3.05) is 11.9 Å². The van der Waals surface area contributed by atoms with Crippen LogP contribution in [-0.2, 0) is 22.7 Å². The van der Waals surface area contributed by atoms with E-state index in [1.807, 2.05) is 30.3 Å². The van der Waals surface area contributed by atoms with E-state index in [-0.39, 0.29) is 13.2 Å². The highest BCUT2D eigenvalue weighted by atomic mass is 16.5. The number of nitrogens with one attached hydrogen (secondary N) is 1. The second-order valence-electron chi connectivity index (χ2n) is 6.97. The average Bonchev–Trinajstić information content (AvgIpc) is 3.10. The summed E-state index contributed by atoms with van der Waals surface area (Å²) in [7, 11) is 0. The molecule has 6 heteroatoms. The van der Waals surface area contributed by atoms with Gasteiger partial charge in [0.1, 0.15) is 0 Å². The molecule has 2 N–H and O–H groups in total. The van der Waals surface area contributed by atoms with Crippen molar-refractivity contribution in [3.8, 4) is 0 Å². The Morgan fingerprint density at radius 2 is 1.70 bits per heavy atom. The topological polar surface area (TPSA) is 80.6 Å². The highest BCUT2D eigenvalue weighted by molar-refractivity contribution is 6.10. The summed E-state index contributed by atoms with van der Waals surface area (Å²) in [5, 5.41) is 14.0. The van der Waals surface area contributed by atoms with Gasteiger partial charge < -0.3 is 19.7 Å². The number of aliphatic hydroxyl groups is 1. The van der Waals surface area contributed by atoms with E-state index in [4.69, 9.17) is 9.84 Å². The maximum absolute atomic E-state index is 12.3. The van der Waals surface area contributed by atoms with E-state index in [2.05, 4.69) is 28.9 Å². The van der Waals surface area contributed by atoms with Gasteiger partial charge in [0.05, 0.1) is 12.2 Å². The van der Waals surface area contributed by atoms with E-state index in [1.54, 1.807) is 24.3 Å². The molecular weight excluding hydrogens is 380 g/mol. The second kappa shape index (κ2) is 8.39. The molecule has 0 radical (unpaired) electrons. The van der Waals surface area contributed by atoms with Crippen molar-refractivity contribution in [1.29, 1.82) is 0 Å². The fourth-order valence-corrected chi connectivity index (χ4v) is 3.63. The molecule has 6 nitrogen and oxygen atoms in total. The zero-order chi connectivity index (χ0) is 21.1. The van der Waals surface area contributed by atoms with Gasteiger partial charge in [0.15, 0.2) is 6.61 Å². The molecule has 1 amide bonds. The Hall–Kier alpha value is -3.64. The lowest BCUT2D eigenvalue weighted by molar-refractivity contribution is -0.119. The first kappa shape index (κ1) is 19.7. The van der Waals surface area contributed by atoms with Crippen LogP contribution >= 0.6 is 0 Å². The van der Waals surface area contributed by atoms with Crippen LogP contribution in [-0.4, -0.2) is 28.2 Å². The standard InChI is InChI=1S/C24H22N2O4/c1-2-26-21-6-4-3-5-19(21)20-13-18(11-12-22(20)26)25-23(28)15-30-24(29)17-9-7-16(14-27)8-10-17/h3-13,27H,2,14-15H2,1H3,(H,25,28). The van der Waals surface area contributed by atoms with Crippen LogP contribution in [0.15, 0.2) is 66.7 Å². The largest absolute Gasteiger partial charge is 0.452 e. The highest BCUT2D eigenvalue weighted by Gasteiger charge is 2.13. The number of aryl methyl sites for hydroxylation is 1. The average molecular weight is 402 g/mol. The van der Waals surface area contributed by atoms with E-state index in [0.29, 0.717) is 16.8 Å². The van der Waals surface area contributed by atoms with E-state index in [9.17, 15) is 9.59 Å². The molecule has 4 rings (SSSR count). The van der Waals surface area contributed by atoms with Gasteiger partial charge in [0.2, 0.25) is 0 Å². The number of anilines is 1. The van der Waals surface area contributed by atoms with E-state index in [0.717, 1.165) is 28.4 Å². The number of rotatable bonds is 6. The van der Waals surface area contributed by atoms with Gasteiger partial charge in [-0.1, -0.05) is 30.3 Å². The van der Waals surface area contributed by atoms with Crippen LogP contribution in [0.3, 0.4) is 0 Å². The number of hydrogen-bond acceptors (Lipinski definition) is 4. The normalized spacial score (nSPS) is 11.0. The van der Waals surface area contributed by atoms with E-state index >= 15 is 0 Å². The minimum Gasteiger partial charge on any atom is -0.452 e. The Kier molecular flexibility index (Phi) is 5.50. The van der Waals surface area contributed by atoms with Crippen LogP contribution in [0.25, 0.3) is 21.8 Å². The molecule has 0 fully saturated rings. The molecule has 1 aromatic heterocycles. The molecule has 4 aromatic rings. The first-order valence-corrected chi connectivity index (χ1v) is 9.78. The number of benzene rings is 3. The van der Waals surface area contributed by atoms with Crippen molar-refractivity contribution in [2.45, 2.75) is 20.1 Å². The number of fused-ring (bicyclic) bond motifs is 3. The van der Waals surface area contributed by atoms with Gasteiger partial charge >= 0.3 is 5.97 Å². The summed E-state index contributed by atoms with van der Waals surface area (Å²) in [5.74, 6) is -0.995. The SMILES string of the molecule is CCn1c2ccccc2c2cc(NC(=O)COC(=O)c3ccc(CO)cc3)ccc21. The third-order valence-corrected chi connectivity index (χ3v) is 5.08. The lowest BCUT2D eigenvalue weighted by Crippen LogP contribution is -2.20. The fourth-order valence-electron chi connectivity index (χ4n) is 3.63. The quantitative estimate of drug-likeness (QED) is 0.476. The zero-order valence-electron chi connectivity index (χ0n) is 16.6. The fraction of sp³-hybridized carbons (Fsp3) is 0.167. The monoisotopic (exact) mass is 402 g/mol. The van der Waals surface area contributed by atoms with E-state index < -0.39 is 11.9 Å². The Balaban J connectivity index is 1.46. The number of hydrogen-bond donors (Lipinski definition) is 2. The van der Waals surface area contributed by atoms with Crippen LogP contribution in [0.1, 0.15) is 22.8 Å². The van der Waals surface area contributed by atoms with E-state index in [1.165, 1.54) is 0 Å². The summed E-state index contributed by atoms with van der Waals surface area (Å²) in [5.41, 5.74) is 3.93. The van der Waals surface area contributed by atoms with Crippen molar-refractivity contribution in [3.63, 3.8) is 0 Å². The minimum absolute atomic E-state index is 0.0982. The van der Waals surface area contributed by atoms with Gasteiger partial charge in [-0.3, -0.25) is 4.79 Å². The van der Waals surface area contributed by atoms with Gasteiger partial charge in [-0.25, -0.2) is 4.79 Å². The van der Waals surface area contributed by atoms with Crippen LogP contribution in [0.5, 0.6) is 0 Å². The van der Waals surface area contributed by atoms with Crippen LogP contribution in [0.2, 0.25) is 0 Å². The molecule has 1 heterocycles. The molecule has 0 aliphatic carbocycles. The van der Waals surface area contributed by atoms with Gasteiger partial charge in [-0.05, 0) is 48.9 Å². The number of carbonyl (C=O) groups excluding carboxylic acids is 2. The van der Waals surface area contributed by atoms with Gasteiger partial charge in [-0.2, -0.15) is 0 Å². The summed E-state index contributed by atoms with van der Waals surface area (Å²) in [4.78, 5) is 24.4. The van der Waals surface area contributed by atoms with Gasteiger partial charge in [0, 0.05) is 34.0 Å². The third-order valence-electron chi connectivity index (χ3n) is 5.08. The molecule has 0 aliphatic rings. The Morgan fingerprint density at radius 1 is 0.967 bits per heavy atom. The number of para-hydroxylation sites is 1. The van der Waals surface area contributed by atoms with Crippen LogP contribution < -0.4 is 5.32 Å². The van der Waals surface area contributed by atoms with Gasteiger partial charge in [-0.15, -0.1) is 0 Å². The summed E-state index contributed by atoms with van der Waals surface area (Å²) in [6, 6.07) is 20.3. The second-order valence-corrected chi connectivity index (χ2v) is 6.97. The first-order valence-electron chi connectivity index (χ1n) is 9.78. The predicted molar refractivity (Wildman–Crippen MR) is 116 cm³/mol. The summed E-state index contributed by atoms with van der Waals surface area (Å²) >= 11 is 0. The molecule has 0 saturated carbocycles. The Bertz CT molecular complexity index is 1230. The summed E-state index contributed by atoms with van der Waals surface area (Å²) in [6.07, 6.45) is 0. The van der Waals surface area contributed by atoms with Crippen LogP contribution in [0, 0.1) is 0 Å². The lowest BCUT2D eigenvalue weighted by Gasteiger charge is -2.08. The molecule has 0 bridgehead atoms. The molecule has 152 valence electrons. The zero-order valence-corrected chi connectivity index (χ0v) is 16.6. The predicted octanol–water partition coefficient (Wildman–Crippen LogP) is 4.10. The van der Waals surface area contributed by atoms with Crippen molar-refractivity contribution in [3.05, 3.63) is 77.9 Å². The Labute approximate surface area is 173 Å². The molecule has 30 heavy (non-hydrogen) atoms. The van der Waals surface area contributed by atoms with Crippen LogP contribution in [0.4, 0.5) is 5.69 Å². The molecule has 0 spiro atoms. The molecular formula is C24H22N2O4. The molecule has 0 atom stereocenters. The number of ether oxygens (including phenoxy) is 1. The Morgan fingerprint density at radius 3 is 2.43 bits per heavy atom. The number of aliphatic hydroxyl groups excluding tert-OH is 1. The smallest absolute Gasteiger partial charge is 0.338 e. The maximum Gasteiger partial charge on any atom is 0.338 e. The third kappa shape index (κ3) is 3.77. The summed E-state index contributed by atoms with van der Waals surface area (Å²) in [6.45, 7) is 2.48. The van der Waals surface area contributed by atoms with Gasteiger partial charge in [0.25, 0.3) is 5.91 Å². The molecule has 0 aliphatic heterocycles. The number of amides is 1. The number of esters is 1. The highest BCUT2D eigenvalue weighted by Crippen LogP contribution is 2.30. The molecule has 3 aromatic carbocycles. The summed E-state index contributed by atoms with van der Waals surface area (Å²) < 4.78 is 7.33. The maximum atomic E-state index is 12.3.